The number of carbonyl (C=O) groups is 1. The molecule has 4 nitrogen and oxygen atoms in total. The van der Waals surface area contributed by atoms with Gasteiger partial charge >= 0.3 is 0 Å². The smallest absolute Gasteiger partial charge is 0.188 e. The summed E-state index contributed by atoms with van der Waals surface area (Å²) in [6.07, 6.45) is 0.799. The average molecular weight is 305 g/mol. The van der Waals surface area contributed by atoms with E-state index in [1.807, 2.05) is 19.4 Å². The van der Waals surface area contributed by atoms with Crippen molar-refractivity contribution in [3.8, 4) is 5.75 Å². The molecule has 0 radical (unpaired) electrons. The molecule has 0 spiro atoms. The van der Waals surface area contributed by atoms with Gasteiger partial charge in [0.05, 0.1) is 24.4 Å². The molecule has 0 atom stereocenters. The number of carbonyl (C=O) groups excluding carboxylic acids is 1. The molecule has 0 N–H and O–H groups in total. The number of benzene rings is 1. The number of ether oxygens (including phenoxy) is 2. The summed E-state index contributed by atoms with van der Waals surface area (Å²) in [5, 5.41) is 0. The second-order valence-electron chi connectivity index (χ2n) is 4.54. The van der Waals surface area contributed by atoms with E-state index in [0.29, 0.717) is 18.8 Å². The van der Waals surface area contributed by atoms with E-state index >= 15 is 0 Å². The Hall–Kier alpha value is -1.72. The summed E-state index contributed by atoms with van der Waals surface area (Å²) in [6, 6.07) is 7.14. The quantitative estimate of drug-likeness (QED) is 0.554. The van der Waals surface area contributed by atoms with Gasteiger partial charge in [0.2, 0.25) is 0 Å². The maximum atomic E-state index is 12.0. The van der Waals surface area contributed by atoms with Crippen LogP contribution in [0.4, 0.5) is 0 Å². The molecule has 2 aromatic rings. The number of ketones is 1. The summed E-state index contributed by atoms with van der Waals surface area (Å²) in [4.78, 5) is 17.4. The molecule has 0 aliphatic carbocycles. The van der Waals surface area contributed by atoms with Crippen molar-refractivity contribution < 1.29 is 14.3 Å². The lowest BCUT2D eigenvalue weighted by Gasteiger charge is -2.05. The van der Waals surface area contributed by atoms with Crippen molar-refractivity contribution in [3.05, 3.63) is 45.9 Å². The van der Waals surface area contributed by atoms with Gasteiger partial charge in [0.1, 0.15) is 12.4 Å². The summed E-state index contributed by atoms with van der Waals surface area (Å²) in [7, 11) is 0. The van der Waals surface area contributed by atoms with Gasteiger partial charge in [0.25, 0.3) is 0 Å². The number of aromatic nitrogens is 1. The van der Waals surface area contributed by atoms with Crippen molar-refractivity contribution in [2.45, 2.75) is 20.3 Å². The molecule has 0 bridgehead atoms. The number of hydrogen-bond donors (Lipinski definition) is 0. The molecule has 112 valence electrons. The monoisotopic (exact) mass is 305 g/mol. The normalized spacial score (nSPS) is 10.6. The van der Waals surface area contributed by atoms with Crippen LogP contribution in [0, 0.1) is 6.92 Å². The third kappa shape index (κ3) is 4.65. The van der Waals surface area contributed by atoms with Crippen LogP contribution >= 0.6 is 11.3 Å². The van der Waals surface area contributed by atoms with Crippen LogP contribution in [-0.4, -0.2) is 30.6 Å². The first-order valence-electron chi connectivity index (χ1n) is 6.93. The largest absolute Gasteiger partial charge is 0.494 e. The number of aryl methyl sites for hydroxylation is 1. The molecule has 21 heavy (non-hydrogen) atoms. The van der Waals surface area contributed by atoms with E-state index in [-0.39, 0.29) is 12.4 Å². The molecular weight excluding hydrogens is 286 g/mol. The van der Waals surface area contributed by atoms with Gasteiger partial charge < -0.3 is 9.47 Å². The molecule has 0 saturated heterocycles. The zero-order chi connectivity index (χ0) is 15.1. The highest BCUT2D eigenvalue weighted by Crippen LogP contribution is 2.14. The van der Waals surface area contributed by atoms with Gasteiger partial charge in [0, 0.05) is 16.9 Å². The average Bonchev–Trinajstić information content (AvgIpc) is 2.90. The van der Waals surface area contributed by atoms with Crippen molar-refractivity contribution in [2.75, 3.05) is 19.8 Å². The number of nitrogens with zero attached hydrogens (tertiary/aromatic N) is 1. The Balaban J connectivity index is 1.75. The maximum absolute atomic E-state index is 12.0. The van der Waals surface area contributed by atoms with Crippen molar-refractivity contribution in [2.24, 2.45) is 0 Å². The van der Waals surface area contributed by atoms with E-state index in [9.17, 15) is 4.79 Å². The summed E-state index contributed by atoms with van der Waals surface area (Å²) in [6.45, 7) is 5.17. The van der Waals surface area contributed by atoms with Gasteiger partial charge in [-0.2, -0.15) is 0 Å². The molecule has 5 heteroatoms. The molecule has 2 rings (SSSR count). The number of thiazole rings is 1. The van der Waals surface area contributed by atoms with Gasteiger partial charge in [0.15, 0.2) is 5.78 Å². The van der Waals surface area contributed by atoms with Crippen LogP contribution in [0.15, 0.2) is 29.8 Å². The first-order chi connectivity index (χ1) is 10.2. The molecule has 0 aliphatic rings. The summed E-state index contributed by atoms with van der Waals surface area (Å²) in [5.41, 5.74) is 3.52. The molecule has 0 aliphatic heterocycles. The predicted octanol–water partition coefficient (Wildman–Crippen LogP) is 3.29. The van der Waals surface area contributed by atoms with Crippen LogP contribution < -0.4 is 4.74 Å². The number of Topliss-reactive ketones (excluding diaryl/α,β-unsaturated/α-hetero) is 1. The Kier molecular flexibility index (Phi) is 5.90. The van der Waals surface area contributed by atoms with Crippen LogP contribution in [0.25, 0.3) is 0 Å². The lowest BCUT2D eigenvalue weighted by Crippen LogP contribution is -2.11. The fraction of sp³-hybridized carbons (Fsp3) is 0.375. The highest BCUT2D eigenvalue weighted by Gasteiger charge is 2.07. The zero-order valence-corrected chi connectivity index (χ0v) is 13.1. The molecule has 0 saturated carbocycles. The molecular formula is C16H19NO3S. The fourth-order valence-electron chi connectivity index (χ4n) is 1.88. The highest BCUT2D eigenvalue weighted by atomic mass is 32.1. The van der Waals surface area contributed by atoms with Crippen LogP contribution in [0.5, 0.6) is 5.75 Å². The van der Waals surface area contributed by atoms with Gasteiger partial charge in [-0.05, 0) is 38.1 Å². The van der Waals surface area contributed by atoms with Gasteiger partial charge in [-0.1, -0.05) is 0 Å². The first kappa shape index (κ1) is 15.7. The third-order valence-corrected chi connectivity index (χ3v) is 4.03. The SMILES string of the molecule is CCOc1ccc(C(=O)COCCc2scnc2C)cc1. The van der Waals surface area contributed by atoms with Crippen LogP contribution in [0.3, 0.4) is 0 Å². The minimum absolute atomic E-state index is 0.0147. The minimum atomic E-state index is -0.0147. The molecule has 0 fully saturated rings. The zero-order valence-electron chi connectivity index (χ0n) is 12.3. The lowest BCUT2D eigenvalue weighted by atomic mass is 10.1. The summed E-state index contributed by atoms with van der Waals surface area (Å²) < 4.78 is 10.8. The Morgan fingerprint density at radius 3 is 2.67 bits per heavy atom. The molecule has 0 amide bonds. The molecule has 0 unspecified atom stereocenters. The van der Waals surface area contributed by atoms with E-state index < -0.39 is 0 Å². The Labute approximate surface area is 128 Å². The minimum Gasteiger partial charge on any atom is -0.494 e. The Morgan fingerprint density at radius 2 is 2.05 bits per heavy atom. The van der Waals surface area contributed by atoms with Gasteiger partial charge in [-0.3, -0.25) is 4.79 Å². The molecule has 1 aromatic heterocycles. The lowest BCUT2D eigenvalue weighted by molar-refractivity contribution is 0.0766. The predicted molar refractivity (Wildman–Crippen MR) is 83.3 cm³/mol. The standard InChI is InChI=1S/C16H19NO3S/c1-3-20-14-6-4-13(5-7-14)15(18)10-19-9-8-16-12(2)17-11-21-16/h4-7,11H,3,8-10H2,1-2H3. The van der Waals surface area contributed by atoms with Crippen LogP contribution in [-0.2, 0) is 11.2 Å². The van der Waals surface area contributed by atoms with E-state index in [0.717, 1.165) is 17.9 Å². The van der Waals surface area contributed by atoms with Gasteiger partial charge in [-0.25, -0.2) is 4.98 Å². The van der Waals surface area contributed by atoms with E-state index in [4.69, 9.17) is 9.47 Å². The van der Waals surface area contributed by atoms with E-state index in [1.54, 1.807) is 35.6 Å². The highest BCUT2D eigenvalue weighted by molar-refractivity contribution is 7.09. The van der Waals surface area contributed by atoms with Crippen molar-refractivity contribution >= 4 is 17.1 Å². The summed E-state index contributed by atoms with van der Waals surface area (Å²) >= 11 is 1.62. The first-order valence-corrected chi connectivity index (χ1v) is 7.81. The van der Waals surface area contributed by atoms with E-state index in [2.05, 4.69) is 4.98 Å². The van der Waals surface area contributed by atoms with Crippen LogP contribution in [0.2, 0.25) is 0 Å². The van der Waals surface area contributed by atoms with E-state index in [1.165, 1.54) is 4.88 Å². The molecule has 1 aromatic carbocycles. The van der Waals surface area contributed by atoms with Crippen LogP contribution in [0.1, 0.15) is 27.9 Å². The second-order valence-corrected chi connectivity index (χ2v) is 5.48. The molecule has 1 heterocycles. The second kappa shape index (κ2) is 7.90. The Bertz CT molecular complexity index is 577. The van der Waals surface area contributed by atoms with Crippen molar-refractivity contribution in [3.63, 3.8) is 0 Å². The number of hydrogen-bond acceptors (Lipinski definition) is 5. The maximum Gasteiger partial charge on any atom is 0.188 e. The van der Waals surface area contributed by atoms with Gasteiger partial charge in [-0.15, -0.1) is 11.3 Å². The number of rotatable bonds is 8. The Morgan fingerprint density at radius 1 is 1.29 bits per heavy atom. The third-order valence-electron chi connectivity index (χ3n) is 3.04. The topological polar surface area (TPSA) is 48.4 Å². The van der Waals surface area contributed by atoms with Crippen molar-refractivity contribution in [1.82, 2.24) is 4.98 Å². The van der Waals surface area contributed by atoms with Crippen molar-refractivity contribution in [1.29, 1.82) is 0 Å². The summed E-state index contributed by atoms with van der Waals surface area (Å²) in [5.74, 6) is 0.759. The fourth-order valence-corrected chi connectivity index (χ4v) is 2.65.